The Morgan fingerprint density at radius 3 is 2.51 bits per heavy atom. The van der Waals surface area contributed by atoms with E-state index in [2.05, 4.69) is 9.97 Å². The van der Waals surface area contributed by atoms with Gasteiger partial charge in [-0.2, -0.15) is 4.98 Å². The lowest BCUT2D eigenvalue weighted by atomic mass is 10.0. The SMILES string of the molecule is COc1cc(-c2nc(C(=O)OCc3ccccc3)c(C)c(N)c2F)ccc1-n1ccc(N)nc1=O. The van der Waals surface area contributed by atoms with Crippen LogP contribution >= 0.6 is 0 Å². The molecule has 0 aliphatic rings. The van der Waals surface area contributed by atoms with Gasteiger partial charge in [0.05, 0.1) is 18.5 Å². The lowest BCUT2D eigenvalue weighted by Crippen LogP contribution is -2.22. The number of rotatable bonds is 6. The number of pyridine rings is 1. The first kappa shape index (κ1) is 23.4. The smallest absolute Gasteiger partial charge is 0.357 e. The fourth-order valence-electron chi connectivity index (χ4n) is 3.47. The van der Waals surface area contributed by atoms with E-state index >= 15 is 4.39 Å². The minimum atomic E-state index is -0.789. The van der Waals surface area contributed by atoms with E-state index in [1.807, 2.05) is 30.3 Å². The minimum Gasteiger partial charge on any atom is -0.495 e. The normalized spacial score (nSPS) is 10.7. The molecule has 0 saturated carbocycles. The Hall–Kier alpha value is -4.73. The summed E-state index contributed by atoms with van der Waals surface area (Å²) in [5.41, 5.74) is 12.0. The number of nitrogens with zero attached hydrogens (tertiary/aromatic N) is 3. The summed E-state index contributed by atoms with van der Waals surface area (Å²) in [6.45, 7) is 1.53. The van der Waals surface area contributed by atoms with E-state index in [0.717, 1.165) is 5.56 Å². The van der Waals surface area contributed by atoms with Crippen molar-refractivity contribution in [3.8, 4) is 22.7 Å². The van der Waals surface area contributed by atoms with Crippen LogP contribution in [0.5, 0.6) is 5.75 Å². The van der Waals surface area contributed by atoms with Crippen LogP contribution < -0.4 is 21.9 Å². The predicted molar refractivity (Wildman–Crippen MR) is 129 cm³/mol. The van der Waals surface area contributed by atoms with Crippen molar-refractivity contribution in [3.05, 3.63) is 93.9 Å². The highest BCUT2D eigenvalue weighted by Crippen LogP contribution is 2.33. The van der Waals surface area contributed by atoms with E-state index in [-0.39, 0.29) is 46.4 Å². The number of esters is 1. The van der Waals surface area contributed by atoms with Gasteiger partial charge in [0.15, 0.2) is 11.5 Å². The average molecular weight is 475 g/mol. The summed E-state index contributed by atoms with van der Waals surface area (Å²) in [4.78, 5) is 33.0. The number of aromatic nitrogens is 3. The second kappa shape index (κ2) is 9.64. The van der Waals surface area contributed by atoms with E-state index in [9.17, 15) is 9.59 Å². The van der Waals surface area contributed by atoms with Gasteiger partial charge in [-0.25, -0.2) is 19.0 Å². The highest BCUT2D eigenvalue weighted by Gasteiger charge is 2.23. The van der Waals surface area contributed by atoms with Crippen molar-refractivity contribution in [1.82, 2.24) is 14.5 Å². The molecule has 0 bridgehead atoms. The molecular formula is C25H22FN5O4. The van der Waals surface area contributed by atoms with Crippen LogP contribution in [0.1, 0.15) is 21.6 Å². The van der Waals surface area contributed by atoms with Crippen molar-refractivity contribution in [2.75, 3.05) is 18.6 Å². The van der Waals surface area contributed by atoms with Crippen molar-refractivity contribution in [2.45, 2.75) is 13.5 Å². The molecule has 0 atom stereocenters. The maximum Gasteiger partial charge on any atom is 0.357 e. The van der Waals surface area contributed by atoms with Crippen molar-refractivity contribution in [2.24, 2.45) is 0 Å². The maximum absolute atomic E-state index is 15.2. The van der Waals surface area contributed by atoms with E-state index in [1.165, 1.54) is 49.1 Å². The number of benzene rings is 2. The van der Waals surface area contributed by atoms with E-state index < -0.39 is 17.5 Å². The van der Waals surface area contributed by atoms with Crippen LogP contribution in [-0.4, -0.2) is 27.6 Å². The summed E-state index contributed by atoms with van der Waals surface area (Å²) in [6, 6.07) is 15.1. The number of carbonyl (C=O) groups excluding carboxylic acids is 1. The first-order chi connectivity index (χ1) is 16.8. The van der Waals surface area contributed by atoms with Gasteiger partial charge < -0.3 is 20.9 Å². The molecule has 2 aromatic heterocycles. The van der Waals surface area contributed by atoms with Crippen molar-refractivity contribution in [3.63, 3.8) is 0 Å². The summed E-state index contributed by atoms with van der Waals surface area (Å²) >= 11 is 0. The second-order valence-electron chi connectivity index (χ2n) is 7.62. The molecule has 2 heterocycles. The quantitative estimate of drug-likeness (QED) is 0.406. The minimum absolute atomic E-state index is 0.0281. The van der Waals surface area contributed by atoms with Crippen LogP contribution in [0.4, 0.5) is 15.9 Å². The number of nitrogen functional groups attached to an aromatic ring is 2. The molecule has 0 fully saturated rings. The van der Waals surface area contributed by atoms with Gasteiger partial charge in [0.2, 0.25) is 0 Å². The number of hydrogen-bond acceptors (Lipinski definition) is 8. The zero-order valence-electron chi connectivity index (χ0n) is 19.0. The van der Waals surface area contributed by atoms with Crippen molar-refractivity contribution < 1.29 is 18.7 Å². The van der Waals surface area contributed by atoms with Gasteiger partial charge in [0, 0.05) is 17.3 Å². The summed E-state index contributed by atoms with van der Waals surface area (Å²) in [6.07, 6.45) is 1.45. The maximum atomic E-state index is 15.2. The van der Waals surface area contributed by atoms with Crippen LogP contribution in [0, 0.1) is 12.7 Å². The number of halogens is 1. The van der Waals surface area contributed by atoms with Crippen LogP contribution in [0.15, 0.2) is 65.6 Å². The molecule has 4 N–H and O–H groups in total. The Balaban J connectivity index is 1.73. The Morgan fingerprint density at radius 1 is 1.09 bits per heavy atom. The predicted octanol–water partition coefficient (Wildman–Crippen LogP) is 3.27. The summed E-state index contributed by atoms with van der Waals surface area (Å²) in [5.74, 6) is -1.20. The Kier molecular flexibility index (Phi) is 6.45. The first-order valence-electron chi connectivity index (χ1n) is 10.5. The van der Waals surface area contributed by atoms with Gasteiger partial charge in [0.1, 0.15) is 23.9 Å². The van der Waals surface area contributed by atoms with E-state index in [0.29, 0.717) is 5.69 Å². The molecule has 35 heavy (non-hydrogen) atoms. The van der Waals surface area contributed by atoms with Crippen LogP contribution in [-0.2, 0) is 11.3 Å². The Morgan fingerprint density at radius 2 is 1.83 bits per heavy atom. The largest absolute Gasteiger partial charge is 0.495 e. The molecule has 4 aromatic rings. The number of ether oxygens (including phenoxy) is 2. The molecule has 178 valence electrons. The average Bonchev–Trinajstić information content (AvgIpc) is 2.86. The molecule has 0 saturated heterocycles. The third-order valence-electron chi connectivity index (χ3n) is 5.37. The lowest BCUT2D eigenvalue weighted by Gasteiger charge is -2.15. The third kappa shape index (κ3) is 4.67. The highest BCUT2D eigenvalue weighted by molar-refractivity contribution is 5.91. The fourth-order valence-corrected chi connectivity index (χ4v) is 3.47. The van der Waals surface area contributed by atoms with Gasteiger partial charge in [-0.15, -0.1) is 0 Å². The molecule has 0 amide bonds. The molecule has 10 heteroatoms. The number of nitrogens with two attached hydrogens (primary N) is 2. The van der Waals surface area contributed by atoms with Crippen LogP contribution in [0.25, 0.3) is 16.9 Å². The van der Waals surface area contributed by atoms with Crippen LogP contribution in [0.3, 0.4) is 0 Å². The fraction of sp³-hybridized carbons (Fsp3) is 0.120. The standard InChI is InChI=1S/C25H22FN5O4/c1-14-21(28)20(26)23(30-22(14)24(32)35-13-15-6-4-3-5-7-15)16-8-9-17(18(12-16)34-2)31-11-10-19(27)29-25(31)33/h3-12H,13H2,1-2H3,(H2,28,30)(H2,27,29,33). The van der Waals surface area contributed by atoms with E-state index in [4.69, 9.17) is 20.9 Å². The lowest BCUT2D eigenvalue weighted by molar-refractivity contribution is 0.0465. The van der Waals surface area contributed by atoms with Crippen LogP contribution in [0.2, 0.25) is 0 Å². The van der Waals surface area contributed by atoms with Gasteiger partial charge >= 0.3 is 11.7 Å². The van der Waals surface area contributed by atoms with E-state index in [1.54, 1.807) is 0 Å². The summed E-state index contributed by atoms with van der Waals surface area (Å²) in [7, 11) is 1.40. The van der Waals surface area contributed by atoms with Gasteiger partial charge in [-0.05, 0) is 30.7 Å². The van der Waals surface area contributed by atoms with Gasteiger partial charge in [0.25, 0.3) is 0 Å². The molecule has 4 rings (SSSR count). The number of methoxy groups -OCH3 is 1. The summed E-state index contributed by atoms with van der Waals surface area (Å²) < 4.78 is 27.2. The molecule has 0 aliphatic carbocycles. The Labute approximate surface area is 199 Å². The molecule has 0 aliphatic heterocycles. The summed E-state index contributed by atoms with van der Waals surface area (Å²) in [5, 5.41) is 0. The molecule has 9 nitrogen and oxygen atoms in total. The Bertz CT molecular complexity index is 1470. The molecule has 0 unspecified atom stereocenters. The number of carbonyl (C=O) groups is 1. The monoisotopic (exact) mass is 475 g/mol. The van der Waals surface area contributed by atoms with Crippen molar-refractivity contribution >= 4 is 17.5 Å². The topological polar surface area (TPSA) is 135 Å². The first-order valence-corrected chi connectivity index (χ1v) is 10.5. The third-order valence-corrected chi connectivity index (χ3v) is 5.37. The van der Waals surface area contributed by atoms with Crippen molar-refractivity contribution in [1.29, 1.82) is 0 Å². The molecule has 2 aromatic carbocycles. The zero-order valence-corrected chi connectivity index (χ0v) is 19.0. The number of anilines is 2. The highest BCUT2D eigenvalue weighted by atomic mass is 19.1. The molecule has 0 radical (unpaired) electrons. The molecular weight excluding hydrogens is 453 g/mol. The van der Waals surface area contributed by atoms with Gasteiger partial charge in [-0.3, -0.25) is 4.57 Å². The number of hydrogen-bond donors (Lipinski definition) is 2. The second-order valence-corrected chi connectivity index (χ2v) is 7.62. The zero-order chi connectivity index (χ0) is 25.1. The molecule has 0 spiro atoms. The van der Waals surface area contributed by atoms with Gasteiger partial charge in [-0.1, -0.05) is 36.4 Å².